The van der Waals surface area contributed by atoms with E-state index in [1.54, 1.807) is 18.4 Å². The zero-order chi connectivity index (χ0) is 18.2. The van der Waals surface area contributed by atoms with Gasteiger partial charge in [-0.15, -0.1) is 11.3 Å². The largest absolute Gasteiger partial charge is 0.450 e. The Balaban J connectivity index is 1.90. The highest BCUT2D eigenvalue weighted by atomic mass is 32.1. The summed E-state index contributed by atoms with van der Waals surface area (Å²) in [6, 6.07) is 5.68. The van der Waals surface area contributed by atoms with Gasteiger partial charge in [0.2, 0.25) is 5.91 Å². The van der Waals surface area contributed by atoms with Gasteiger partial charge in [0.15, 0.2) is 5.13 Å². The van der Waals surface area contributed by atoms with Gasteiger partial charge in [0.05, 0.1) is 18.7 Å². The summed E-state index contributed by atoms with van der Waals surface area (Å²) in [5, 5.41) is 6.94. The minimum Gasteiger partial charge on any atom is -0.450 e. The number of amides is 2. The summed E-state index contributed by atoms with van der Waals surface area (Å²) in [7, 11) is 0. The minimum absolute atomic E-state index is 0.0407. The number of hydrogen-bond donors (Lipinski definition) is 2. The zero-order valence-electron chi connectivity index (χ0n) is 13.1. The molecule has 1 aromatic carbocycles. The van der Waals surface area contributed by atoms with Gasteiger partial charge in [-0.1, -0.05) is 6.07 Å². The second kappa shape index (κ2) is 8.92. The molecule has 0 saturated heterocycles. The molecule has 0 bridgehead atoms. The number of thiazole rings is 1. The Bertz CT molecular complexity index is 739. The Morgan fingerprint density at radius 1 is 1.32 bits per heavy atom. The molecule has 0 spiro atoms. The number of halogens is 2. The van der Waals surface area contributed by atoms with Crippen molar-refractivity contribution in [2.24, 2.45) is 0 Å². The first-order valence-electron chi connectivity index (χ1n) is 7.19. The number of nitrogens with one attached hydrogen (secondary N) is 2. The van der Waals surface area contributed by atoms with E-state index in [0.717, 1.165) is 11.3 Å². The Hall–Kier alpha value is -2.75. The molecular formula is C15H15F2N3O4S. The van der Waals surface area contributed by atoms with Crippen LogP contribution in [0.25, 0.3) is 0 Å². The Labute approximate surface area is 146 Å². The molecule has 0 unspecified atom stereocenters. The zero-order valence-corrected chi connectivity index (χ0v) is 13.9. The molecule has 2 aromatic rings. The minimum atomic E-state index is -2.94. The van der Waals surface area contributed by atoms with Crippen molar-refractivity contribution in [2.45, 2.75) is 20.0 Å². The highest BCUT2D eigenvalue weighted by molar-refractivity contribution is 7.13. The number of nitrogens with zero attached hydrogens (tertiary/aromatic N) is 1. The lowest BCUT2D eigenvalue weighted by Gasteiger charge is -2.07. The number of benzene rings is 1. The van der Waals surface area contributed by atoms with Gasteiger partial charge in [-0.2, -0.15) is 8.78 Å². The van der Waals surface area contributed by atoms with Crippen LogP contribution in [-0.4, -0.2) is 30.2 Å². The molecule has 1 aromatic heterocycles. The maximum atomic E-state index is 12.2. The Kier molecular flexibility index (Phi) is 6.63. The fourth-order valence-corrected chi connectivity index (χ4v) is 2.52. The van der Waals surface area contributed by atoms with Crippen LogP contribution in [0.2, 0.25) is 0 Å². The monoisotopic (exact) mass is 371 g/mol. The van der Waals surface area contributed by atoms with Gasteiger partial charge in [-0.25, -0.2) is 9.78 Å². The third-order valence-electron chi connectivity index (χ3n) is 2.72. The van der Waals surface area contributed by atoms with Gasteiger partial charge >= 0.3 is 12.7 Å². The molecule has 1 heterocycles. The standard InChI is InChI=1S/C15H15F2N3O4S/c1-2-23-15(22)20-14-19-10(8-25-14)7-12(21)18-9-4-3-5-11(6-9)24-13(16)17/h3-6,8,13H,2,7H2,1H3,(H,18,21)(H,19,20,22). The normalized spacial score (nSPS) is 10.4. The average molecular weight is 371 g/mol. The molecule has 0 fully saturated rings. The molecule has 0 aliphatic heterocycles. The third kappa shape index (κ3) is 6.34. The number of carbonyl (C=O) groups excluding carboxylic acids is 2. The molecule has 2 rings (SSSR count). The fraction of sp³-hybridized carbons (Fsp3) is 0.267. The molecule has 0 aliphatic rings. The van der Waals surface area contributed by atoms with E-state index in [2.05, 4.69) is 20.4 Å². The van der Waals surface area contributed by atoms with E-state index in [-0.39, 0.29) is 24.7 Å². The number of aromatic nitrogens is 1. The van der Waals surface area contributed by atoms with Crippen molar-refractivity contribution in [3.05, 3.63) is 35.3 Å². The number of anilines is 2. The Morgan fingerprint density at radius 3 is 2.84 bits per heavy atom. The lowest BCUT2D eigenvalue weighted by Crippen LogP contribution is -2.15. The maximum absolute atomic E-state index is 12.2. The van der Waals surface area contributed by atoms with Crippen molar-refractivity contribution in [3.63, 3.8) is 0 Å². The molecule has 7 nitrogen and oxygen atoms in total. The molecule has 0 aliphatic carbocycles. The molecule has 0 radical (unpaired) electrons. The van der Waals surface area contributed by atoms with Crippen LogP contribution in [0.1, 0.15) is 12.6 Å². The third-order valence-corrected chi connectivity index (χ3v) is 3.53. The number of carbonyl (C=O) groups is 2. The van der Waals surface area contributed by atoms with Crippen molar-refractivity contribution < 1.29 is 27.8 Å². The molecule has 25 heavy (non-hydrogen) atoms. The van der Waals surface area contributed by atoms with Gasteiger partial charge in [0.25, 0.3) is 0 Å². The van der Waals surface area contributed by atoms with Crippen LogP contribution in [0.4, 0.5) is 24.4 Å². The lowest BCUT2D eigenvalue weighted by molar-refractivity contribution is -0.115. The topological polar surface area (TPSA) is 89.5 Å². The first-order chi connectivity index (χ1) is 12.0. The van der Waals surface area contributed by atoms with Crippen molar-refractivity contribution in [3.8, 4) is 5.75 Å². The quantitative estimate of drug-likeness (QED) is 0.778. The van der Waals surface area contributed by atoms with Crippen LogP contribution >= 0.6 is 11.3 Å². The SMILES string of the molecule is CCOC(=O)Nc1nc(CC(=O)Nc2cccc(OC(F)F)c2)cs1. The van der Waals surface area contributed by atoms with Gasteiger partial charge < -0.3 is 14.8 Å². The van der Waals surface area contributed by atoms with Gasteiger partial charge in [-0.3, -0.25) is 10.1 Å². The van der Waals surface area contributed by atoms with E-state index in [9.17, 15) is 18.4 Å². The average Bonchev–Trinajstić information content (AvgIpc) is 2.93. The second-order valence-corrected chi connectivity index (χ2v) is 5.48. The van der Waals surface area contributed by atoms with Crippen LogP contribution in [0.5, 0.6) is 5.75 Å². The lowest BCUT2D eigenvalue weighted by atomic mass is 10.2. The van der Waals surface area contributed by atoms with Crippen molar-refractivity contribution in [2.75, 3.05) is 17.2 Å². The summed E-state index contributed by atoms with van der Waals surface area (Å²) in [5.41, 5.74) is 0.775. The van der Waals surface area contributed by atoms with Gasteiger partial charge in [-0.05, 0) is 19.1 Å². The first kappa shape index (κ1) is 18.6. The maximum Gasteiger partial charge on any atom is 0.413 e. The molecule has 0 atom stereocenters. The van der Waals surface area contributed by atoms with Crippen LogP contribution in [0.15, 0.2) is 29.6 Å². The molecule has 0 saturated carbocycles. The number of alkyl halides is 2. The highest BCUT2D eigenvalue weighted by Crippen LogP contribution is 2.20. The van der Waals surface area contributed by atoms with E-state index in [1.165, 1.54) is 18.2 Å². The molecule has 10 heteroatoms. The van der Waals surface area contributed by atoms with Gasteiger partial charge in [0.1, 0.15) is 5.75 Å². The molecule has 2 N–H and O–H groups in total. The number of ether oxygens (including phenoxy) is 2. The summed E-state index contributed by atoms with van der Waals surface area (Å²) >= 11 is 1.15. The van der Waals surface area contributed by atoms with Crippen LogP contribution < -0.4 is 15.4 Å². The number of hydrogen-bond acceptors (Lipinski definition) is 6. The number of rotatable bonds is 7. The summed E-state index contributed by atoms with van der Waals surface area (Å²) in [4.78, 5) is 27.4. The molecule has 134 valence electrons. The predicted molar refractivity (Wildman–Crippen MR) is 88.2 cm³/mol. The molecule has 2 amide bonds. The predicted octanol–water partition coefficient (Wildman–Crippen LogP) is 3.49. The van der Waals surface area contributed by atoms with Crippen molar-refractivity contribution in [1.29, 1.82) is 0 Å². The highest BCUT2D eigenvalue weighted by Gasteiger charge is 2.11. The van der Waals surface area contributed by atoms with Crippen LogP contribution in [0, 0.1) is 0 Å². The van der Waals surface area contributed by atoms with Crippen LogP contribution in [0.3, 0.4) is 0 Å². The van der Waals surface area contributed by atoms with Crippen LogP contribution in [-0.2, 0) is 16.0 Å². The smallest absolute Gasteiger partial charge is 0.413 e. The van der Waals surface area contributed by atoms with E-state index >= 15 is 0 Å². The van der Waals surface area contributed by atoms with E-state index in [4.69, 9.17) is 4.74 Å². The second-order valence-electron chi connectivity index (χ2n) is 4.62. The van der Waals surface area contributed by atoms with E-state index in [1.807, 2.05) is 0 Å². The first-order valence-corrected chi connectivity index (χ1v) is 8.07. The van der Waals surface area contributed by atoms with E-state index in [0.29, 0.717) is 16.5 Å². The summed E-state index contributed by atoms with van der Waals surface area (Å²) in [6.45, 7) is -1.02. The van der Waals surface area contributed by atoms with Gasteiger partial charge in [0, 0.05) is 17.1 Å². The van der Waals surface area contributed by atoms with Crippen molar-refractivity contribution >= 4 is 34.2 Å². The summed E-state index contributed by atoms with van der Waals surface area (Å²) in [6.07, 6.45) is -0.662. The van der Waals surface area contributed by atoms with Crippen molar-refractivity contribution in [1.82, 2.24) is 4.98 Å². The van der Waals surface area contributed by atoms with E-state index < -0.39 is 12.7 Å². The summed E-state index contributed by atoms with van der Waals surface area (Å²) < 4.78 is 33.4. The molecular weight excluding hydrogens is 356 g/mol. The fourth-order valence-electron chi connectivity index (χ4n) is 1.82. The summed E-state index contributed by atoms with van der Waals surface area (Å²) in [5.74, 6) is -0.440. The Morgan fingerprint density at radius 2 is 2.12 bits per heavy atom.